The molecular weight excluding hydrogens is 342 g/mol. The smallest absolute Gasteiger partial charge is 0.257 e. The first kappa shape index (κ1) is 16.7. The number of hydrogen-bond donors (Lipinski definition) is 1. The molecule has 1 heterocycles. The van der Waals surface area contributed by atoms with Crippen LogP contribution >= 0.6 is 11.8 Å². The number of carboxylic acids is 1. The van der Waals surface area contributed by atoms with Gasteiger partial charge in [0.05, 0.1) is 17.9 Å². The Morgan fingerprint density at radius 3 is 2.68 bits per heavy atom. The van der Waals surface area contributed by atoms with E-state index in [0.717, 1.165) is 5.52 Å². The van der Waals surface area contributed by atoms with E-state index in [-0.39, 0.29) is 17.2 Å². The van der Waals surface area contributed by atoms with Crippen molar-refractivity contribution in [1.82, 2.24) is 10.4 Å². The number of hydrazone groups is 1. The number of benzene rings is 2. The summed E-state index contributed by atoms with van der Waals surface area (Å²) in [5.74, 6) is -1.45. The van der Waals surface area contributed by atoms with Crippen LogP contribution in [0.4, 0.5) is 0 Å². The molecule has 0 radical (unpaired) electrons. The molecule has 3 rings (SSSR count). The maximum atomic E-state index is 11.8. The highest BCUT2D eigenvalue weighted by Gasteiger charge is 2.08. The van der Waals surface area contributed by atoms with Gasteiger partial charge in [0.15, 0.2) is 5.58 Å². The summed E-state index contributed by atoms with van der Waals surface area (Å²) in [6.45, 7) is 0. The van der Waals surface area contributed by atoms with Gasteiger partial charge >= 0.3 is 0 Å². The van der Waals surface area contributed by atoms with Gasteiger partial charge in [-0.25, -0.2) is 10.4 Å². The quantitative estimate of drug-likeness (QED) is 0.408. The Kier molecular flexibility index (Phi) is 5.10. The molecule has 25 heavy (non-hydrogen) atoms. The van der Waals surface area contributed by atoms with Crippen LogP contribution in [0.1, 0.15) is 15.9 Å². The number of carbonyl (C=O) groups is 2. The zero-order valence-electron chi connectivity index (χ0n) is 12.8. The lowest BCUT2D eigenvalue weighted by atomic mass is 10.1. The molecular formula is C17H12N3O4S-. The molecule has 0 saturated heterocycles. The van der Waals surface area contributed by atoms with Crippen LogP contribution in [0, 0.1) is 0 Å². The minimum atomic E-state index is -1.24. The molecule has 7 nitrogen and oxygen atoms in total. The second-order valence-corrected chi connectivity index (χ2v) is 5.87. The molecule has 0 aliphatic heterocycles. The molecule has 0 saturated carbocycles. The molecule has 0 atom stereocenters. The summed E-state index contributed by atoms with van der Waals surface area (Å²) < 4.78 is 5.50. The third kappa shape index (κ3) is 4.45. The summed E-state index contributed by atoms with van der Waals surface area (Å²) in [5, 5.41) is 14.9. The van der Waals surface area contributed by atoms with Gasteiger partial charge in [-0.1, -0.05) is 48.2 Å². The van der Waals surface area contributed by atoms with Gasteiger partial charge in [-0.2, -0.15) is 5.10 Å². The maximum absolute atomic E-state index is 11.8. The van der Waals surface area contributed by atoms with Crippen molar-refractivity contribution in [2.45, 2.75) is 5.22 Å². The number of fused-ring (bicyclic) bond motifs is 1. The lowest BCUT2D eigenvalue weighted by molar-refractivity contribution is -0.255. The van der Waals surface area contributed by atoms with Gasteiger partial charge in [-0.15, -0.1) is 0 Å². The molecule has 1 N–H and O–H groups in total. The van der Waals surface area contributed by atoms with Crippen molar-refractivity contribution in [3.63, 3.8) is 0 Å². The highest BCUT2D eigenvalue weighted by atomic mass is 32.2. The fraction of sp³-hybridized carbons (Fsp3) is 0.0588. The van der Waals surface area contributed by atoms with Crippen LogP contribution in [-0.4, -0.2) is 28.8 Å². The Balaban J connectivity index is 1.49. The van der Waals surface area contributed by atoms with Crippen molar-refractivity contribution in [3.05, 3.63) is 59.7 Å². The minimum Gasteiger partial charge on any atom is -0.545 e. The number of aromatic carboxylic acids is 1. The minimum absolute atomic E-state index is 0.0796. The Hall–Kier alpha value is -3.13. The standard InChI is InChI=1S/C17H13N3O4S/c21-15(10-25-17-19-13-3-1-2-4-14(13)24-17)20-18-9-11-5-7-12(8-6-11)16(22)23/h1-9H,10H2,(H,20,21)(H,22,23)/p-1/b18-9+. The number of amides is 1. The Labute approximate surface area is 146 Å². The van der Waals surface area contributed by atoms with Crippen molar-refractivity contribution in [3.8, 4) is 0 Å². The van der Waals surface area contributed by atoms with Gasteiger partial charge in [0.1, 0.15) is 5.52 Å². The van der Waals surface area contributed by atoms with Crippen molar-refractivity contribution in [1.29, 1.82) is 0 Å². The van der Waals surface area contributed by atoms with E-state index in [1.54, 1.807) is 12.1 Å². The monoisotopic (exact) mass is 354 g/mol. The van der Waals surface area contributed by atoms with Crippen molar-refractivity contribution >= 4 is 41.0 Å². The van der Waals surface area contributed by atoms with E-state index < -0.39 is 5.97 Å². The van der Waals surface area contributed by atoms with Gasteiger partial charge in [-0.3, -0.25) is 4.79 Å². The van der Waals surface area contributed by atoms with Crippen molar-refractivity contribution < 1.29 is 19.1 Å². The molecule has 0 unspecified atom stereocenters. The number of carbonyl (C=O) groups excluding carboxylic acids is 2. The predicted octanol–water partition coefficient (Wildman–Crippen LogP) is 1.43. The Morgan fingerprint density at radius 2 is 1.96 bits per heavy atom. The normalized spacial score (nSPS) is 11.0. The summed E-state index contributed by atoms with van der Waals surface area (Å²) in [4.78, 5) is 26.7. The Bertz CT molecular complexity index is 901. The molecule has 1 aromatic heterocycles. The fourth-order valence-electron chi connectivity index (χ4n) is 1.96. The largest absolute Gasteiger partial charge is 0.545 e. The number of thioether (sulfide) groups is 1. The van der Waals surface area contributed by atoms with Gasteiger partial charge in [-0.05, 0) is 23.3 Å². The second-order valence-electron chi connectivity index (χ2n) is 4.94. The zero-order valence-corrected chi connectivity index (χ0v) is 13.7. The lowest BCUT2D eigenvalue weighted by Crippen LogP contribution is -2.22. The maximum Gasteiger partial charge on any atom is 0.257 e. The van der Waals surface area contributed by atoms with E-state index in [2.05, 4.69) is 15.5 Å². The number of hydrogen-bond acceptors (Lipinski definition) is 7. The summed E-state index contributed by atoms with van der Waals surface area (Å²) in [6.07, 6.45) is 1.42. The number of para-hydroxylation sites is 2. The van der Waals surface area contributed by atoms with Gasteiger partial charge in [0.25, 0.3) is 11.1 Å². The molecule has 1 amide bonds. The van der Waals surface area contributed by atoms with E-state index in [0.29, 0.717) is 16.4 Å². The zero-order chi connectivity index (χ0) is 17.6. The summed E-state index contributed by atoms with van der Waals surface area (Å²) in [6, 6.07) is 13.3. The first-order chi connectivity index (χ1) is 12.1. The van der Waals surface area contributed by atoms with Crippen molar-refractivity contribution in [2.24, 2.45) is 5.10 Å². The molecule has 0 aliphatic rings. The number of oxazole rings is 1. The topological polar surface area (TPSA) is 108 Å². The van der Waals surface area contributed by atoms with Crippen LogP contribution in [0.2, 0.25) is 0 Å². The first-order valence-corrected chi connectivity index (χ1v) is 8.22. The van der Waals surface area contributed by atoms with E-state index in [1.165, 1.54) is 30.1 Å². The number of nitrogens with one attached hydrogen (secondary N) is 1. The molecule has 2 aromatic carbocycles. The average molecular weight is 354 g/mol. The van der Waals surface area contributed by atoms with E-state index >= 15 is 0 Å². The molecule has 0 bridgehead atoms. The number of aromatic nitrogens is 1. The summed E-state index contributed by atoms with van der Waals surface area (Å²) in [7, 11) is 0. The van der Waals surface area contributed by atoms with E-state index in [9.17, 15) is 14.7 Å². The third-order valence-corrected chi connectivity index (χ3v) is 3.98. The number of rotatable bonds is 6. The van der Waals surface area contributed by atoms with E-state index in [4.69, 9.17) is 4.42 Å². The van der Waals surface area contributed by atoms with E-state index in [1.807, 2.05) is 24.3 Å². The SMILES string of the molecule is O=C(CSc1nc2ccccc2o1)N/N=C/c1ccc(C(=O)[O-])cc1. The van der Waals surface area contributed by atoms with Gasteiger partial charge in [0.2, 0.25) is 0 Å². The number of nitrogens with zero attached hydrogens (tertiary/aromatic N) is 2. The van der Waals surface area contributed by atoms with Crippen LogP contribution in [-0.2, 0) is 4.79 Å². The molecule has 126 valence electrons. The van der Waals surface area contributed by atoms with Gasteiger partial charge < -0.3 is 14.3 Å². The second kappa shape index (κ2) is 7.63. The van der Waals surface area contributed by atoms with Gasteiger partial charge in [0, 0.05) is 0 Å². The summed E-state index contributed by atoms with van der Waals surface area (Å²) >= 11 is 1.17. The lowest BCUT2D eigenvalue weighted by Gasteiger charge is -2.01. The molecule has 8 heteroatoms. The highest BCUT2D eigenvalue weighted by Crippen LogP contribution is 2.22. The number of carboxylic acid groups (broad SMARTS) is 1. The van der Waals surface area contributed by atoms with Crippen LogP contribution in [0.25, 0.3) is 11.1 Å². The average Bonchev–Trinajstić information content (AvgIpc) is 3.03. The van der Waals surface area contributed by atoms with Crippen LogP contribution in [0.15, 0.2) is 63.3 Å². The molecule has 0 aliphatic carbocycles. The molecule has 0 spiro atoms. The van der Waals surface area contributed by atoms with Crippen LogP contribution in [0.5, 0.6) is 0 Å². The summed E-state index contributed by atoms with van der Waals surface area (Å²) in [5.41, 5.74) is 4.52. The molecule has 3 aromatic rings. The van der Waals surface area contributed by atoms with Crippen molar-refractivity contribution in [2.75, 3.05) is 5.75 Å². The third-order valence-electron chi connectivity index (χ3n) is 3.15. The molecule has 0 fully saturated rings. The van der Waals surface area contributed by atoms with Crippen LogP contribution < -0.4 is 10.5 Å². The Morgan fingerprint density at radius 1 is 1.20 bits per heavy atom. The first-order valence-electron chi connectivity index (χ1n) is 7.23. The highest BCUT2D eigenvalue weighted by molar-refractivity contribution is 7.99. The predicted molar refractivity (Wildman–Crippen MR) is 91.2 cm³/mol. The fourth-order valence-corrected chi connectivity index (χ4v) is 2.59. The van der Waals surface area contributed by atoms with Crippen LogP contribution in [0.3, 0.4) is 0 Å².